The van der Waals surface area contributed by atoms with Crippen LogP contribution in [0.5, 0.6) is 0 Å². The van der Waals surface area contributed by atoms with Crippen LogP contribution in [-0.2, 0) is 6.42 Å². The van der Waals surface area contributed by atoms with Gasteiger partial charge in [-0.2, -0.15) is 5.26 Å². The third-order valence-electron chi connectivity index (χ3n) is 1.49. The Labute approximate surface area is 67.7 Å². The summed E-state index contributed by atoms with van der Waals surface area (Å²) in [7, 11) is 0. The molecule has 1 aromatic rings. The van der Waals surface area contributed by atoms with Gasteiger partial charge in [-0.05, 0) is 6.42 Å². The summed E-state index contributed by atoms with van der Waals surface area (Å²) in [6, 6.07) is 1.73. The van der Waals surface area contributed by atoms with Crippen LogP contribution in [0.2, 0.25) is 0 Å². The molecule has 12 heavy (non-hydrogen) atoms. The van der Waals surface area contributed by atoms with E-state index in [1.807, 2.05) is 4.98 Å². The van der Waals surface area contributed by atoms with E-state index < -0.39 is 11.2 Å². The second kappa shape index (κ2) is 3.05. The molecular weight excluding hydrogens is 158 g/mol. The standard InChI is InChI=1S/C7H7N3O2/c1-2-5-4(3-8)6(11)10-7(12)9-5/h2H2,1H3,(H2,9,10,11,12). The summed E-state index contributed by atoms with van der Waals surface area (Å²) in [5.41, 5.74) is -0.836. The molecule has 1 aromatic heterocycles. The van der Waals surface area contributed by atoms with E-state index >= 15 is 0 Å². The first kappa shape index (κ1) is 8.27. The van der Waals surface area contributed by atoms with Crippen LogP contribution in [0.3, 0.4) is 0 Å². The molecule has 0 fully saturated rings. The van der Waals surface area contributed by atoms with Gasteiger partial charge in [0.2, 0.25) is 0 Å². The summed E-state index contributed by atoms with van der Waals surface area (Å²) >= 11 is 0. The number of hydrogen-bond acceptors (Lipinski definition) is 3. The summed E-state index contributed by atoms with van der Waals surface area (Å²) in [5.74, 6) is 0. The Bertz CT molecular complexity index is 435. The molecule has 62 valence electrons. The van der Waals surface area contributed by atoms with Crippen molar-refractivity contribution in [3.05, 3.63) is 32.1 Å². The number of nitrogens with zero attached hydrogens (tertiary/aromatic N) is 1. The second-order valence-electron chi connectivity index (χ2n) is 2.23. The zero-order chi connectivity index (χ0) is 9.14. The molecule has 0 radical (unpaired) electrons. The molecule has 0 aromatic carbocycles. The molecule has 0 spiro atoms. The van der Waals surface area contributed by atoms with Crippen LogP contribution in [0.15, 0.2) is 9.59 Å². The molecule has 1 heterocycles. The Balaban J connectivity index is 3.58. The zero-order valence-corrected chi connectivity index (χ0v) is 6.47. The molecule has 2 N–H and O–H groups in total. The Kier molecular flexibility index (Phi) is 2.10. The third-order valence-corrected chi connectivity index (χ3v) is 1.49. The van der Waals surface area contributed by atoms with Crippen LogP contribution in [0.25, 0.3) is 0 Å². The fourth-order valence-corrected chi connectivity index (χ4v) is 0.917. The lowest BCUT2D eigenvalue weighted by Crippen LogP contribution is -2.26. The highest BCUT2D eigenvalue weighted by Crippen LogP contribution is 1.94. The van der Waals surface area contributed by atoms with Crippen molar-refractivity contribution in [2.75, 3.05) is 0 Å². The van der Waals surface area contributed by atoms with Crippen LogP contribution in [-0.4, -0.2) is 9.97 Å². The van der Waals surface area contributed by atoms with Gasteiger partial charge >= 0.3 is 5.69 Å². The lowest BCUT2D eigenvalue weighted by molar-refractivity contribution is 0.924. The van der Waals surface area contributed by atoms with Crippen molar-refractivity contribution in [2.24, 2.45) is 0 Å². The highest BCUT2D eigenvalue weighted by Gasteiger charge is 2.05. The maximum absolute atomic E-state index is 11.0. The number of hydrogen-bond donors (Lipinski definition) is 2. The van der Waals surface area contributed by atoms with E-state index in [-0.39, 0.29) is 5.56 Å². The lowest BCUT2D eigenvalue weighted by Gasteiger charge is -1.96. The first-order valence-electron chi connectivity index (χ1n) is 3.44. The lowest BCUT2D eigenvalue weighted by atomic mass is 10.2. The van der Waals surface area contributed by atoms with E-state index in [4.69, 9.17) is 5.26 Å². The fourth-order valence-electron chi connectivity index (χ4n) is 0.917. The molecule has 0 bridgehead atoms. The van der Waals surface area contributed by atoms with Gasteiger partial charge in [0, 0.05) is 5.69 Å². The highest BCUT2D eigenvalue weighted by atomic mass is 16.2. The summed E-state index contributed by atoms with van der Waals surface area (Å²) < 4.78 is 0. The second-order valence-corrected chi connectivity index (χ2v) is 2.23. The van der Waals surface area contributed by atoms with Gasteiger partial charge < -0.3 is 4.98 Å². The predicted octanol–water partition coefficient (Wildman–Crippen LogP) is -0.503. The molecule has 0 atom stereocenters. The number of nitrogens with one attached hydrogen (secondary N) is 2. The van der Waals surface area contributed by atoms with Crippen molar-refractivity contribution < 1.29 is 0 Å². The number of rotatable bonds is 1. The van der Waals surface area contributed by atoms with Gasteiger partial charge in [-0.25, -0.2) is 4.79 Å². The zero-order valence-electron chi connectivity index (χ0n) is 6.47. The smallest absolute Gasteiger partial charge is 0.310 e. The Morgan fingerprint density at radius 1 is 1.42 bits per heavy atom. The molecule has 0 unspecified atom stereocenters. The van der Waals surface area contributed by atoms with Gasteiger partial charge in [0.1, 0.15) is 11.6 Å². The molecule has 0 aliphatic heterocycles. The average Bonchev–Trinajstić information content (AvgIpc) is 2.03. The van der Waals surface area contributed by atoms with Crippen LogP contribution >= 0.6 is 0 Å². The SMILES string of the molecule is CCc1[nH]c(=O)[nH]c(=O)c1C#N. The van der Waals surface area contributed by atoms with Gasteiger partial charge in [-0.3, -0.25) is 9.78 Å². The maximum atomic E-state index is 11.0. The largest absolute Gasteiger partial charge is 0.325 e. The molecule has 1 rings (SSSR count). The molecule has 0 saturated carbocycles. The van der Waals surface area contributed by atoms with E-state index in [1.54, 1.807) is 13.0 Å². The number of H-pyrrole nitrogens is 2. The predicted molar refractivity (Wildman–Crippen MR) is 41.8 cm³/mol. The van der Waals surface area contributed by atoms with Crippen LogP contribution in [0, 0.1) is 11.3 Å². The van der Waals surface area contributed by atoms with Gasteiger partial charge in [-0.1, -0.05) is 6.92 Å². The average molecular weight is 165 g/mol. The van der Waals surface area contributed by atoms with Crippen molar-refractivity contribution in [3.63, 3.8) is 0 Å². The summed E-state index contributed by atoms with van der Waals surface area (Å²) in [4.78, 5) is 26.0. The molecule has 5 heteroatoms. The van der Waals surface area contributed by atoms with E-state index in [0.29, 0.717) is 12.1 Å². The van der Waals surface area contributed by atoms with Crippen LogP contribution in [0.1, 0.15) is 18.2 Å². The van der Waals surface area contributed by atoms with Crippen molar-refractivity contribution in [1.29, 1.82) is 5.26 Å². The summed E-state index contributed by atoms with van der Waals surface area (Å²) in [6.45, 7) is 1.76. The Morgan fingerprint density at radius 3 is 2.58 bits per heavy atom. The Morgan fingerprint density at radius 2 is 2.08 bits per heavy atom. The fraction of sp³-hybridized carbons (Fsp3) is 0.286. The number of nitriles is 1. The Hall–Kier alpha value is -1.83. The first-order valence-corrected chi connectivity index (χ1v) is 3.44. The van der Waals surface area contributed by atoms with Crippen LogP contribution in [0.4, 0.5) is 0 Å². The van der Waals surface area contributed by atoms with Crippen molar-refractivity contribution in [3.8, 4) is 6.07 Å². The van der Waals surface area contributed by atoms with Crippen molar-refractivity contribution in [2.45, 2.75) is 13.3 Å². The molecule has 0 aliphatic carbocycles. The minimum Gasteiger partial charge on any atom is -0.310 e. The minimum absolute atomic E-state index is 0.0166. The van der Waals surface area contributed by atoms with E-state index in [9.17, 15) is 9.59 Å². The van der Waals surface area contributed by atoms with E-state index in [2.05, 4.69) is 4.98 Å². The number of aryl methyl sites for hydroxylation is 1. The van der Waals surface area contributed by atoms with E-state index in [1.165, 1.54) is 0 Å². The van der Waals surface area contributed by atoms with Gasteiger partial charge in [0.05, 0.1) is 0 Å². The van der Waals surface area contributed by atoms with Crippen LogP contribution < -0.4 is 11.2 Å². The number of aromatic nitrogens is 2. The first-order chi connectivity index (χ1) is 5.69. The van der Waals surface area contributed by atoms with Gasteiger partial charge in [0.25, 0.3) is 5.56 Å². The van der Waals surface area contributed by atoms with Gasteiger partial charge in [-0.15, -0.1) is 0 Å². The molecule has 5 nitrogen and oxygen atoms in total. The monoisotopic (exact) mass is 165 g/mol. The molecule has 0 aliphatic rings. The van der Waals surface area contributed by atoms with Crippen molar-refractivity contribution >= 4 is 0 Å². The van der Waals surface area contributed by atoms with E-state index in [0.717, 1.165) is 0 Å². The van der Waals surface area contributed by atoms with Gasteiger partial charge in [0.15, 0.2) is 0 Å². The molecule has 0 saturated heterocycles. The normalized spacial score (nSPS) is 9.33. The van der Waals surface area contributed by atoms with Crippen molar-refractivity contribution in [1.82, 2.24) is 9.97 Å². The molecular formula is C7H7N3O2. The quantitative estimate of drug-likeness (QED) is 0.587. The highest BCUT2D eigenvalue weighted by molar-refractivity contribution is 5.29. The number of aromatic amines is 2. The maximum Gasteiger partial charge on any atom is 0.325 e. The molecule has 0 amide bonds. The summed E-state index contributed by atoms with van der Waals surface area (Å²) in [6.07, 6.45) is 0.460. The topological polar surface area (TPSA) is 89.5 Å². The minimum atomic E-state index is -0.627. The summed E-state index contributed by atoms with van der Waals surface area (Å²) in [5, 5.41) is 8.53. The third kappa shape index (κ3) is 1.27.